The number of benzene rings is 1. The topological polar surface area (TPSA) is 47.0 Å². The number of hydrogen-bond donors (Lipinski definition) is 1. The molecule has 0 saturated heterocycles. The van der Waals surface area contributed by atoms with Gasteiger partial charge in [0.25, 0.3) is 0 Å². The molecule has 19 heavy (non-hydrogen) atoms. The van der Waals surface area contributed by atoms with Gasteiger partial charge in [-0.3, -0.25) is 0 Å². The van der Waals surface area contributed by atoms with Crippen LogP contribution >= 0.6 is 11.6 Å². The molecule has 2 rings (SSSR count). The second-order valence-corrected chi connectivity index (χ2v) is 4.56. The third-order valence-corrected chi connectivity index (χ3v) is 2.91. The van der Waals surface area contributed by atoms with Crippen LogP contribution in [-0.4, -0.2) is 17.0 Å². The van der Waals surface area contributed by atoms with Crippen molar-refractivity contribution in [1.29, 1.82) is 0 Å². The highest BCUT2D eigenvalue weighted by atomic mass is 35.5. The Morgan fingerprint density at radius 1 is 1.26 bits per heavy atom. The second kappa shape index (κ2) is 5.89. The maximum Gasteiger partial charge on any atom is 0.224 e. The molecule has 0 bridgehead atoms. The van der Waals surface area contributed by atoms with E-state index < -0.39 is 0 Å². The summed E-state index contributed by atoms with van der Waals surface area (Å²) in [5.41, 5.74) is 0.968. The van der Waals surface area contributed by atoms with Crippen molar-refractivity contribution in [2.75, 3.05) is 12.4 Å². The molecule has 4 nitrogen and oxygen atoms in total. The number of aromatic nitrogens is 2. The van der Waals surface area contributed by atoms with Gasteiger partial charge in [0.1, 0.15) is 17.4 Å². The number of aryl methyl sites for hydroxylation is 2. The quantitative estimate of drug-likeness (QED) is 0.922. The van der Waals surface area contributed by atoms with Crippen LogP contribution in [0.4, 0.5) is 5.82 Å². The third kappa shape index (κ3) is 3.35. The van der Waals surface area contributed by atoms with E-state index in [9.17, 15) is 0 Å². The van der Waals surface area contributed by atoms with Gasteiger partial charge in [-0.15, -0.1) is 0 Å². The van der Waals surface area contributed by atoms with Gasteiger partial charge in [-0.25, -0.2) is 4.98 Å². The number of hydrogen-bond acceptors (Lipinski definition) is 4. The van der Waals surface area contributed by atoms with Crippen molar-refractivity contribution in [2.24, 2.45) is 0 Å². The van der Waals surface area contributed by atoms with Gasteiger partial charge in [0.05, 0.1) is 0 Å². The fourth-order valence-corrected chi connectivity index (χ4v) is 1.88. The molecule has 0 saturated carbocycles. The molecular weight excluding hydrogens is 262 g/mol. The molecule has 0 spiro atoms. The van der Waals surface area contributed by atoms with E-state index in [-0.39, 0.29) is 0 Å². The molecular formula is C14H16ClN3O. The molecule has 5 heteroatoms. The summed E-state index contributed by atoms with van der Waals surface area (Å²) in [6.45, 7) is 3.95. The van der Waals surface area contributed by atoms with Crippen LogP contribution in [0.15, 0.2) is 24.3 Å². The van der Waals surface area contributed by atoms with Gasteiger partial charge < -0.3 is 10.1 Å². The van der Waals surface area contributed by atoms with Gasteiger partial charge in [-0.1, -0.05) is 18.5 Å². The molecule has 2 aromatic rings. The van der Waals surface area contributed by atoms with Crippen LogP contribution in [0.1, 0.15) is 18.3 Å². The first-order chi connectivity index (χ1) is 9.12. The smallest absolute Gasteiger partial charge is 0.224 e. The molecule has 1 aromatic heterocycles. The highest BCUT2D eigenvalue weighted by molar-refractivity contribution is 6.30. The largest absolute Gasteiger partial charge is 0.439 e. The average Bonchev–Trinajstić information content (AvgIpc) is 2.41. The van der Waals surface area contributed by atoms with Crippen LogP contribution in [-0.2, 0) is 6.42 Å². The van der Waals surface area contributed by atoms with Crippen LogP contribution in [0.2, 0.25) is 5.02 Å². The van der Waals surface area contributed by atoms with Crippen LogP contribution in [0.25, 0.3) is 0 Å². The predicted octanol–water partition coefficient (Wildman–Crippen LogP) is 3.83. The zero-order valence-electron chi connectivity index (χ0n) is 11.2. The van der Waals surface area contributed by atoms with Gasteiger partial charge in [0.2, 0.25) is 5.88 Å². The standard InChI is InChI=1S/C14H16ClN3O/c1-4-12-17-13(16-3)8-14(18-12)19-11-6-5-10(15)7-9(11)2/h5-8H,4H2,1-3H3,(H,16,17,18). The Kier molecular flexibility index (Phi) is 4.22. The summed E-state index contributed by atoms with van der Waals surface area (Å²) in [6.07, 6.45) is 0.755. The van der Waals surface area contributed by atoms with E-state index in [0.717, 1.165) is 29.4 Å². The minimum atomic E-state index is 0.529. The second-order valence-electron chi connectivity index (χ2n) is 4.12. The summed E-state index contributed by atoms with van der Waals surface area (Å²) in [4.78, 5) is 8.68. The Morgan fingerprint density at radius 3 is 2.68 bits per heavy atom. The lowest BCUT2D eigenvalue weighted by molar-refractivity contribution is 0.456. The van der Waals surface area contributed by atoms with Crippen LogP contribution in [0, 0.1) is 6.92 Å². The number of halogens is 1. The number of anilines is 1. The van der Waals surface area contributed by atoms with E-state index in [1.54, 1.807) is 12.1 Å². The Bertz CT molecular complexity index is 565. The van der Waals surface area contributed by atoms with E-state index >= 15 is 0 Å². The molecule has 1 aromatic carbocycles. The van der Waals surface area contributed by atoms with Crippen LogP contribution in [0.3, 0.4) is 0 Å². The molecule has 1 N–H and O–H groups in total. The molecule has 0 fully saturated rings. The van der Waals surface area contributed by atoms with Crippen molar-refractivity contribution in [1.82, 2.24) is 9.97 Å². The first kappa shape index (κ1) is 13.6. The van der Waals surface area contributed by atoms with Gasteiger partial charge in [0.15, 0.2) is 0 Å². The highest BCUT2D eigenvalue weighted by Gasteiger charge is 2.07. The summed E-state index contributed by atoms with van der Waals surface area (Å²) < 4.78 is 5.80. The average molecular weight is 278 g/mol. The molecule has 0 radical (unpaired) electrons. The lowest BCUT2D eigenvalue weighted by Crippen LogP contribution is -2.01. The molecule has 0 atom stereocenters. The number of ether oxygens (including phenoxy) is 1. The molecule has 0 amide bonds. The maximum atomic E-state index is 5.92. The third-order valence-electron chi connectivity index (χ3n) is 2.67. The van der Waals surface area contributed by atoms with Crippen LogP contribution < -0.4 is 10.1 Å². The predicted molar refractivity (Wildman–Crippen MR) is 77.2 cm³/mol. The summed E-state index contributed by atoms with van der Waals surface area (Å²) >= 11 is 5.92. The minimum absolute atomic E-state index is 0.529. The Balaban J connectivity index is 2.31. The zero-order chi connectivity index (χ0) is 13.8. The van der Waals surface area contributed by atoms with E-state index in [2.05, 4.69) is 15.3 Å². The minimum Gasteiger partial charge on any atom is -0.439 e. The van der Waals surface area contributed by atoms with Crippen LogP contribution in [0.5, 0.6) is 11.6 Å². The fourth-order valence-electron chi connectivity index (χ4n) is 1.65. The Labute approximate surface area is 117 Å². The Hall–Kier alpha value is -1.81. The highest BCUT2D eigenvalue weighted by Crippen LogP contribution is 2.27. The van der Waals surface area contributed by atoms with E-state index in [1.165, 1.54) is 0 Å². The van der Waals surface area contributed by atoms with Gasteiger partial charge in [-0.2, -0.15) is 4.98 Å². The molecule has 0 aliphatic rings. The van der Waals surface area contributed by atoms with Crippen molar-refractivity contribution in [3.8, 4) is 11.6 Å². The lowest BCUT2D eigenvalue weighted by atomic mass is 10.2. The normalized spacial score (nSPS) is 10.3. The first-order valence-corrected chi connectivity index (χ1v) is 6.50. The van der Waals surface area contributed by atoms with E-state index in [0.29, 0.717) is 10.9 Å². The van der Waals surface area contributed by atoms with Crippen molar-refractivity contribution in [3.05, 3.63) is 40.7 Å². The number of nitrogens with one attached hydrogen (secondary N) is 1. The summed E-state index contributed by atoms with van der Waals surface area (Å²) in [5.74, 6) is 2.76. The molecule has 100 valence electrons. The first-order valence-electron chi connectivity index (χ1n) is 6.12. The number of rotatable bonds is 4. The SMILES string of the molecule is CCc1nc(NC)cc(Oc2ccc(Cl)cc2C)n1. The lowest BCUT2D eigenvalue weighted by Gasteiger charge is -2.10. The van der Waals surface area contributed by atoms with Crippen molar-refractivity contribution < 1.29 is 4.74 Å². The van der Waals surface area contributed by atoms with Crippen molar-refractivity contribution >= 4 is 17.4 Å². The summed E-state index contributed by atoms with van der Waals surface area (Å²) in [6, 6.07) is 7.26. The molecule has 0 unspecified atom stereocenters. The Morgan fingerprint density at radius 2 is 2.05 bits per heavy atom. The molecule has 0 aliphatic heterocycles. The zero-order valence-corrected chi connectivity index (χ0v) is 12.0. The molecule has 1 heterocycles. The maximum absolute atomic E-state index is 5.92. The fraction of sp³-hybridized carbons (Fsp3) is 0.286. The number of nitrogens with zero attached hydrogens (tertiary/aromatic N) is 2. The van der Waals surface area contributed by atoms with E-state index in [4.69, 9.17) is 16.3 Å². The van der Waals surface area contributed by atoms with Crippen molar-refractivity contribution in [2.45, 2.75) is 20.3 Å². The van der Waals surface area contributed by atoms with Gasteiger partial charge in [-0.05, 0) is 30.7 Å². The van der Waals surface area contributed by atoms with E-state index in [1.807, 2.05) is 33.0 Å². The summed E-state index contributed by atoms with van der Waals surface area (Å²) in [5, 5.41) is 3.69. The summed E-state index contributed by atoms with van der Waals surface area (Å²) in [7, 11) is 1.82. The monoisotopic (exact) mass is 277 g/mol. The molecule has 0 aliphatic carbocycles. The van der Waals surface area contributed by atoms with Gasteiger partial charge >= 0.3 is 0 Å². The van der Waals surface area contributed by atoms with Crippen molar-refractivity contribution in [3.63, 3.8) is 0 Å². The van der Waals surface area contributed by atoms with Gasteiger partial charge in [0, 0.05) is 24.6 Å².